The van der Waals surface area contributed by atoms with Crippen molar-refractivity contribution in [1.29, 1.82) is 0 Å². The van der Waals surface area contributed by atoms with Crippen LogP contribution in [-0.4, -0.2) is 57.7 Å². The molecule has 0 spiro atoms. The van der Waals surface area contributed by atoms with E-state index >= 15 is 0 Å². The molecule has 1 amide bonds. The Bertz CT molecular complexity index is 1260. The van der Waals surface area contributed by atoms with Crippen molar-refractivity contribution < 1.29 is 31.8 Å². The fourth-order valence-corrected chi connectivity index (χ4v) is 5.37. The summed E-state index contributed by atoms with van der Waals surface area (Å²) in [4.78, 5) is 27.8. The van der Waals surface area contributed by atoms with Gasteiger partial charge in [0.2, 0.25) is 5.88 Å². The number of hydrogen-bond acceptors (Lipinski definition) is 6. The molecule has 4 heterocycles. The van der Waals surface area contributed by atoms with Crippen molar-refractivity contribution >= 4 is 5.91 Å². The van der Waals surface area contributed by atoms with Crippen LogP contribution < -0.4 is 4.74 Å². The third kappa shape index (κ3) is 4.87. The molecule has 11 heteroatoms. The fourth-order valence-electron chi connectivity index (χ4n) is 5.37. The highest BCUT2D eigenvalue weighted by atomic mass is 19.4. The van der Waals surface area contributed by atoms with Crippen LogP contribution in [0.15, 0.2) is 55.0 Å². The van der Waals surface area contributed by atoms with E-state index in [0.717, 1.165) is 18.7 Å². The van der Waals surface area contributed by atoms with Gasteiger partial charge in [0.15, 0.2) is 5.82 Å². The Morgan fingerprint density at radius 3 is 2.54 bits per heavy atom. The molecule has 3 aromatic rings. The minimum atomic E-state index is -4.50. The van der Waals surface area contributed by atoms with Crippen LogP contribution in [-0.2, 0) is 10.9 Å². The molecule has 3 aliphatic rings. The second kappa shape index (κ2) is 10.0. The first kappa shape index (κ1) is 25.1. The van der Waals surface area contributed by atoms with E-state index in [1.54, 1.807) is 18.1 Å². The molecule has 37 heavy (non-hydrogen) atoms. The normalized spacial score (nSPS) is 23.2. The first-order chi connectivity index (χ1) is 17.8. The van der Waals surface area contributed by atoms with E-state index in [4.69, 9.17) is 9.47 Å². The molecule has 2 bridgehead atoms. The minimum Gasteiger partial charge on any atom is -0.472 e. The monoisotopic (exact) mass is 516 g/mol. The predicted molar refractivity (Wildman–Crippen MR) is 124 cm³/mol. The maximum Gasteiger partial charge on any atom is 0.417 e. The number of rotatable bonds is 6. The van der Waals surface area contributed by atoms with Gasteiger partial charge in [0.1, 0.15) is 11.9 Å². The summed E-state index contributed by atoms with van der Waals surface area (Å²) in [5, 5.41) is 0. The molecule has 0 N–H and O–H groups in total. The largest absolute Gasteiger partial charge is 0.472 e. The summed E-state index contributed by atoms with van der Waals surface area (Å²) in [5.74, 6) is -0.864. The number of fused-ring (bicyclic) bond motifs is 3. The molecule has 2 aromatic heterocycles. The molecular formula is C26H24F4N4O3. The van der Waals surface area contributed by atoms with Crippen molar-refractivity contribution in [2.45, 2.75) is 43.6 Å². The zero-order valence-electron chi connectivity index (χ0n) is 19.9. The summed E-state index contributed by atoms with van der Waals surface area (Å²) in [6.45, 7) is 0.282. The first-order valence-electron chi connectivity index (χ1n) is 11.9. The summed E-state index contributed by atoms with van der Waals surface area (Å²) in [6.07, 6.45) is 0.715. The number of pyridine rings is 1. The van der Waals surface area contributed by atoms with E-state index in [2.05, 4.69) is 15.0 Å². The summed E-state index contributed by atoms with van der Waals surface area (Å²) in [6, 6.07) is 7.26. The lowest BCUT2D eigenvalue weighted by atomic mass is 9.72. The number of nitrogens with zero attached hydrogens (tertiary/aromatic N) is 4. The van der Waals surface area contributed by atoms with Crippen molar-refractivity contribution in [3.8, 4) is 17.3 Å². The van der Waals surface area contributed by atoms with E-state index in [9.17, 15) is 22.4 Å². The summed E-state index contributed by atoms with van der Waals surface area (Å²) in [7, 11) is 1.55. The molecule has 194 valence electrons. The van der Waals surface area contributed by atoms with E-state index in [1.807, 2.05) is 0 Å². The third-order valence-electron chi connectivity index (χ3n) is 7.00. The summed E-state index contributed by atoms with van der Waals surface area (Å²) >= 11 is 0. The van der Waals surface area contributed by atoms with Crippen molar-refractivity contribution in [3.05, 3.63) is 71.9 Å². The van der Waals surface area contributed by atoms with Gasteiger partial charge in [0.05, 0.1) is 35.4 Å². The zero-order chi connectivity index (χ0) is 26.2. The van der Waals surface area contributed by atoms with E-state index in [1.165, 1.54) is 36.7 Å². The van der Waals surface area contributed by atoms with Crippen molar-refractivity contribution in [2.75, 3.05) is 13.7 Å². The Balaban J connectivity index is 1.47. The molecule has 2 saturated heterocycles. The van der Waals surface area contributed by atoms with Crippen LogP contribution in [0.25, 0.3) is 11.4 Å². The Morgan fingerprint density at radius 2 is 1.86 bits per heavy atom. The second-order valence-electron chi connectivity index (χ2n) is 9.15. The van der Waals surface area contributed by atoms with Crippen molar-refractivity contribution in [1.82, 2.24) is 19.9 Å². The average Bonchev–Trinajstić information content (AvgIpc) is 2.89. The van der Waals surface area contributed by atoms with Gasteiger partial charge >= 0.3 is 6.18 Å². The highest BCUT2D eigenvalue weighted by Gasteiger charge is 2.50. The van der Waals surface area contributed by atoms with Crippen LogP contribution in [0.5, 0.6) is 5.88 Å². The third-order valence-corrected chi connectivity index (χ3v) is 7.00. The Hall–Kier alpha value is -3.60. The fraction of sp³-hybridized carbons (Fsp3) is 0.385. The van der Waals surface area contributed by atoms with Gasteiger partial charge in [0, 0.05) is 31.8 Å². The smallest absolute Gasteiger partial charge is 0.417 e. The Morgan fingerprint density at radius 1 is 1.08 bits per heavy atom. The quantitative estimate of drug-likeness (QED) is 0.439. The lowest BCUT2D eigenvalue weighted by Gasteiger charge is -2.54. The molecule has 1 aromatic carbocycles. The molecule has 1 saturated carbocycles. The average molecular weight is 516 g/mol. The highest BCUT2D eigenvalue weighted by Crippen LogP contribution is 2.43. The van der Waals surface area contributed by atoms with Gasteiger partial charge < -0.3 is 14.4 Å². The molecule has 2 aliphatic heterocycles. The van der Waals surface area contributed by atoms with Crippen molar-refractivity contribution in [2.24, 2.45) is 5.92 Å². The molecular weight excluding hydrogens is 492 g/mol. The van der Waals surface area contributed by atoms with E-state index in [0.29, 0.717) is 12.8 Å². The number of carbonyl (C=O) groups is 1. The van der Waals surface area contributed by atoms with Gasteiger partial charge in [0.25, 0.3) is 5.91 Å². The standard InChI is InChI=1S/C26H24F4N4O3/c1-36-14-20-15-6-8-19(21(12-15)37-22-9-7-16(13-33-22)26(28,29)30)34(20)25(35)17-4-2-5-18(27)23(17)24-31-10-3-11-32-24/h2-5,7,9-11,13,15,19-21H,6,8,12,14H2,1H3/t15-,19+,20-,21-/m1/s1. The zero-order valence-corrected chi connectivity index (χ0v) is 19.9. The molecule has 7 nitrogen and oxygen atoms in total. The lowest BCUT2D eigenvalue weighted by molar-refractivity contribution is -0.137. The maximum atomic E-state index is 15.0. The maximum absolute atomic E-state index is 15.0. The van der Waals surface area contributed by atoms with Gasteiger partial charge in [-0.3, -0.25) is 4.79 Å². The topological polar surface area (TPSA) is 77.4 Å². The summed E-state index contributed by atoms with van der Waals surface area (Å²) < 4.78 is 65.2. The van der Waals surface area contributed by atoms with Crippen LogP contribution in [0, 0.1) is 11.7 Å². The van der Waals surface area contributed by atoms with Gasteiger partial charge in [-0.25, -0.2) is 19.3 Å². The molecule has 4 atom stereocenters. The lowest BCUT2D eigenvalue weighted by Crippen LogP contribution is -2.65. The number of alkyl halides is 3. The van der Waals surface area contributed by atoms with Gasteiger partial charge in [-0.15, -0.1) is 0 Å². The number of piperidine rings is 2. The molecule has 1 aliphatic carbocycles. The number of ether oxygens (including phenoxy) is 2. The van der Waals surface area contributed by atoms with Crippen LogP contribution in [0.3, 0.4) is 0 Å². The van der Waals surface area contributed by atoms with Crippen LogP contribution in [0.4, 0.5) is 17.6 Å². The Kier molecular flexibility index (Phi) is 6.80. The van der Waals surface area contributed by atoms with E-state index < -0.39 is 35.6 Å². The molecule has 6 rings (SSSR count). The van der Waals surface area contributed by atoms with Crippen LogP contribution in [0.1, 0.15) is 35.2 Å². The minimum absolute atomic E-state index is 0.00703. The number of benzene rings is 1. The number of amides is 1. The number of carbonyl (C=O) groups excluding carboxylic acids is 1. The second-order valence-corrected chi connectivity index (χ2v) is 9.15. The highest BCUT2D eigenvalue weighted by molar-refractivity contribution is 6.00. The summed E-state index contributed by atoms with van der Waals surface area (Å²) in [5.41, 5.74) is -0.748. The number of hydrogen-bond donors (Lipinski definition) is 0. The molecule has 3 fully saturated rings. The van der Waals surface area contributed by atoms with E-state index in [-0.39, 0.29) is 41.4 Å². The SMILES string of the molecule is COC[C@@H]1[C@@H]2CC[C@@H]([C@H](Oc3ccc(C(F)(F)F)cn3)C2)N1C(=O)c1cccc(F)c1-c1ncccn1. The predicted octanol–water partition coefficient (Wildman–Crippen LogP) is 4.78. The van der Waals surface area contributed by atoms with Gasteiger partial charge in [-0.1, -0.05) is 6.07 Å². The number of aromatic nitrogens is 3. The first-order valence-corrected chi connectivity index (χ1v) is 11.9. The molecule has 0 unspecified atom stereocenters. The van der Waals surface area contributed by atoms with Gasteiger partial charge in [-0.2, -0.15) is 13.2 Å². The Labute approximate surface area is 210 Å². The van der Waals surface area contributed by atoms with Gasteiger partial charge in [-0.05, 0) is 49.4 Å². The molecule has 0 radical (unpaired) electrons. The van der Waals surface area contributed by atoms with Crippen LogP contribution >= 0.6 is 0 Å². The van der Waals surface area contributed by atoms with Crippen molar-refractivity contribution in [3.63, 3.8) is 0 Å². The van der Waals surface area contributed by atoms with Crippen LogP contribution in [0.2, 0.25) is 0 Å². The number of halogens is 4. The number of methoxy groups -OCH3 is 1.